The summed E-state index contributed by atoms with van der Waals surface area (Å²) >= 11 is 0. The number of rotatable bonds is 8. The number of ether oxygens (including phenoxy) is 2. The first kappa shape index (κ1) is 20.2. The van der Waals surface area contributed by atoms with Crippen molar-refractivity contribution in [3.63, 3.8) is 0 Å². The smallest absolute Gasteiger partial charge is 0.240 e. The van der Waals surface area contributed by atoms with Crippen LogP contribution in [-0.2, 0) is 10.0 Å². The maximum absolute atomic E-state index is 12.8. The fourth-order valence-corrected chi connectivity index (χ4v) is 3.82. The molecule has 7 heteroatoms. The molecular formula is C19H24FNO4S. The maximum Gasteiger partial charge on any atom is 0.240 e. The van der Waals surface area contributed by atoms with Gasteiger partial charge in [-0.3, -0.25) is 0 Å². The highest BCUT2D eigenvalue weighted by Gasteiger charge is 2.20. The van der Waals surface area contributed by atoms with E-state index in [1.54, 1.807) is 26.2 Å². The standard InChI is InChI=1S/C19H24FNO4S/c1-13(2)17-12-19(14(3)11-18(17)24-4)26(22,23)21-9-10-25-16-7-5-15(20)6-8-16/h5-8,11-13,21H,9-10H2,1-4H3. The van der Waals surface area contributed by atoms with E-state index < -0.39 is 10.0 Å². The lowest BCUT2D eigenvalue weighted by Crippen LogP contribution is -2.29. The molecule has 0 amide bonds. The molecule has 1 N–H and O–H groups in total. The Balaban J connectivity index is 2.07. The molecule has 0 radical (unpaired) electrons. The molecule has 2 aromatic rings. The lowest BCUT2D eigenvalue weighted by Gasteiger charge is -2.16. The minimum absolute atomic E-state index is 0.0994. The zero-order valence-electron chi connectivity index (χ0n) is 15.4. The number of sulfonamides is 1. The topological polar surface area (TPSA) is 64.6 Å². The summed E-state index contributed by atoms with van der Waals surface area (Å²) < 4.78 is 51.4. The molecule has 0 saturated heterocycles. The lowest BCUT2D eigenvalue weighted by atomic mass is 10.0. The first-order valence-corrected chi connectivity index (χ1v) is 9.79. The largest absolute Gasteiger partial charge is 0.496 e. The van der Waals surface area contributed by atoms with E-state index in [4.69, 9.17) is 9.47 Å². The van der Waals surface area contributed by atoms with E-state index in [9.17, 15) is 12.8 Å². The second-order valence-electron chi connectivity index (χ2n) is 6.21. The molecule has 0 aliphatic rings. The van der Waals surface area contributed by atoms with Crippen LogP contribution in [-0.4, -0.2) is 28.7 Å². The Morgan fingerprint density at radius 2 is 1.81 bits per heavy atom. The van der Waals surface area contributed by atoms with E-state index in [-0.39, 0.29) is 29.8 Å². The van der Waals surface area contributed by atoms with Crippen molar-refractivity contribution in [1.82, 2.24) is 4.72 Å². The van der Waals surface area contributed by atoms with Crippen molar-refractivity contribution in [2.75, 3.05) is 20.3 Å². The number of aryl methyl sites for hydroxylation is 1. The summed E-state index contributed by atoms with van der Waals surface area (Å²) in [6.45, 7) is 5.93. The van der Waals surface area contributed by atoms with Crippen molar-refractivity contribution in [2.24, 2.45) is 0 Å². The molecule has 2 rings (SSSR count). The van der Waals surface area contributed by atoms with Crippen molar-refractivity contribution in [3.05, 3.63) is 53.3 Å². The Labute approximate surface area is 154 Å². The van der Waals surface area contributed by atoms with Gasteiger partial charge in [-0.15, -0.1) is 0 Å². The van der Waals surface area contributed by atoms with Gasteiger partial charge in [0.15, 0.2) is 0 Å². The van der Waals surface area contributed by atoms with Crippen LogP contribution in [0.4, 0.5) is 4.39 Å². The van der Waals surface area contributed by atoms with Crippen molar-refractivity contribution in [2.45, 2.75) is 31.6 Å². The van der Waals surface area contributed by atoms with Crippen LogP contribution < -0.4 is 14.2 Å². The highest BCUT2D eigenvalue weighted by atomic mass is 32.2. The normalized spacial score (nSPS) is 11.6. The van der Waals surface area contributed by atoms with Gasteiger partial charge in [0.25, 0.3) is 0 Å². The van der Waals surface area contributed by atoms with Crippen LogP contribution in [0.25, 0.3) is 0 Å². The number of halogens is 1. The van der Waals surface area contributed by atoms with Gasteiger partial charge < -0.3 is 9.47 Å². The van der Waals surface area contributed by atoms with Crippen LogP contribution in [0, 0.1) is 12.7 Å². The van der Waals surface area contributed by atoms with Crippen molar-refractivity contribution in [1.29, 1.82) is 0 Å². The van der Waals surface area contributed by atoms with Crippen molar-refractivity contribution >= 4 is 10.0 Å². The molecule has 0 aromatic heterocycles. The molecule has 26 heavy (non-hydrogen) atoms. The van der Waals surface area contributed by atoms with Gasteiger partial charge >= 0.3 is 0 Å². The number of methoxy groups -OCH3 is 1. The van der Waals surface area contributed by atoms with Gasteiger partial charge in [-0.1, -0.05) is 13.8 Å². The van der Waals surface area contributed by atoms with E-state index in [2.05, 4.69) is 4.72 Å². The van der Waals surface area contributed by atoms with Gasteiger partial charge in [-0.2, -0.15) is 0 Å². The van der Waals surface area contributed by atoms with E-state index in [0.717, 1.165) is 5.56 Å². The number of hydrogen-bond donors (Lipinski definition) is 1. The summed E-state index contributed by atoms with van der Waals surface area (Å²) in [5.41, 5.74) is 1.44. The second-order valence-corrected chi connectivity index (χ2v) is 7.95. The Bertz CT molecular complexity index is 849. The molecule has 5 nitrogen and oxygen atoms in total. The SMILES string of the molecule is COc1cc(C)c(S(=O)(=O)NCCOc2ccc(F)cc2)cc1C(C)C. The van der Waals surface area contributed by atoms with Gasteiger partial charge in [0, 0.05) is 6.54 Å². The fourth-order valence-electron chi connectivity index (χ4n) is 2.55. The van der Waals surface area contributed by atoms with E-state index >= 15 is 0 Å². The van der Waals surface area contributed by atoms with E-state index in [0.29, 0.717) is 17.1 Å². The molecule has 0 aliphatic heterocycles. The Morgan fingerprint density at radius 3 is 2.38 bits per heavy atom. The molecule has 0 bridgehead atoms. The Hall–Kier alpha value is -2.12. The van der Waals surface area contributed by atoms with Crippen LogP contribution >= 0.6 is 0 Å². The van der Waals surface area contributed by atoms with Crippen molar-refractivity contribution in [3.8, 4) is 11.5 Å². The summed E-state index contributed by atoms with van der Waals surface area (Å²) in [6, 6.07) is 8.95. The van der Waals surface area contributed by atoms with Gasteiger partial charge in [-0.25, -0.2) is 17.5 Å². The average molecular weight is 381 g/mol. The van der Waals surface area contributed by atoms with E-state index in [1.165, 1.54) is 24.3 Å². The Kier molecular flexibility index (Phi) is 6.61. The summed E-state index contributed by atoms with van der Waals surface area (Å²) in [6.07, 6.45) is 0. The predicted octanol–water partition coefficient (Wildman–Crippen LogP) is 3.62. The van der Waals surface area contributed by atoms with Gasteiger partial charge in [-0.05, 0) is 60.4 Å². The van der Waals surface area contributed by atoms with Crippen LogP contribution in [0.3, 0.4) is 0 Å². The molecule has 0 unspecified atom stereocenters. The molecule has 2 aromatic carbocycles. The lowest BCUT2D eigenvalue weighted by molar-refractivity contribution is 0.322. The molecule has 142 valence electrons. The average Bonchev–Trinajstić information content (AvgIpc) is 2.59. The van der Waals surface area contributed by atoms with Crippen LogP contribution in [0.15, 0.2) is 41.3 Å². The maximum atomic E-state index is 12.8. The van der Waals surface area contributed by atoms with Gasteiger partial charge in [0.1, 0.15) is 23.9 Å². The minimum atomic E-state index is -3.68. The molecule has 0 fully saturated rings. The van der Waals surface area contributed by atoms with Crippen LogP contribution in [0.2, 0.25) is 0 Å². The molecule has 0 atom stereocenters. The molecule has 0 saturated carbocycles. The third kappa shape index (κ3) is 4.95. The zero-order chi connectivity index (χ0) is 19.3. The summed E-state index contributed by atoms with van der Waals surface area (Å²) in [7, 11) is -2.11. The number of nitrogens with one attached hydrogen (secondary N) is 1. The zero-order valence-corrected chi connectivity index (χ0v) is 16.2. The van der Waals surface area contributed by atoms with Gasteiger partial charge in [0.2, 0.25) is 10.0 Å². The van der Waals surface area contributed by atoms with Crippen LogP contribution in [0.5, 0.6) is 11.5 Å². The summed E-state index contributed by atoms with van der Waals surface area (Å²) in [5, 5.41) is 0. The summed E-state index contributed by atoms with van der Waals surface area (Å²) in [5.74, 6) is 0.930. The minimum Gasteiger partial charge on any atom is -0.496 e. The van der Waals surface area contributed by atoms with Crippen LogP contribution in [0.1, 0.15) is 30.9 Å². The fraction of sp³-hybridized carbons (Fsp3) is 0.368. The number of benzene rings is 2. The highest BCUT2D eigenvalue weighted by Crippen LogP contribution is 2.31. The third-order valence-corrected chi connectivity index (χ3v) is 5.52. The molecule has 0 aliphatic carbocycles. The first-order valence-electron chi connectivity index (χ1n) is 8.31. The third-order valence-electron chi connectivity index (χ3n) is 3.92. The van der Waals surface area contributed by atoms with Gasteiger partial charge in [0.05, 0.1) is 12.0 Å². The number of hydrogen-bond acceptors (Lipinski definition) is 4. The predicted molar refractivity (Wildman–Crippen MR) is 98.9 cm³/mol. The van der Waals surface area contributed by atoms with Crippen molar-refractivity contribution < 1.29 is 22.3 Å². The quantitative estimate of drug-likeness (QED) is 0.710. The van der Waals surface area contributed by atoms with E-state index in [1.807, 2.05) is 13.8 Å². The highest BCUT2D eigenvalue weighted by molar-refractivity contribution is 7.89. The molecule has 0 spiro atoms. The molecular weight excluding hydrogens is 357 g/mol. The monoisotopic (exact) mass is 381 g/mol. The first-order chi connectivity index (χ1) is 12.2. The second kappa shape index (κ2) is 8.51. The Morgan fingerprint density at radius 1 is 1.15 bits per heavy atom. The molecule has 0 heterocycles. The summed E-state index contributed by atoms with van der Waals surface area (Å²) in [4.78, 5) is 0.226.